The maximum absolute atomic E-state index is 9.27. The van der Waals surface area contributed by atoms with Crippen molar-refractivity contribution in [3.05, 3.63) is 35.4 Å². The standard InChI is InChI=1S/C20H35N3O2.HI/c1-5-21-20(22-13-17(10-11-24)12-16(2)3)23-14-18-8-6-7-9-19(18)15-25-4;/h6-9,16-17,24H,5,10-15H2,1-4H3,(H2,21,22,23);1H. The first-order valence-electron chi connectivity index (χ1n) is 9.29. The number of nitrogens with one attached hydrogen (secondary N) is 2. The number of ether oxygens (including phenoxy) is 1. The van der Waals surface area contributed by atoms with E-state index in [0.717, 1.165) is 31.9 Å². The van der Waals surface area contributed by atoms with Crippen molar-refractivity contribution >= 4 is 29.9 Å². The zero-order chi connectivity index (χ0) is 18.5. The van der Waals surface area contributed by atoms with Crippen molar-refractivity contribution in [2.75, 3.05) is 26.8 Å². The molecule has 0 aliphatic rings. The number of nitrogens with zero attached hydrogens (tertiary/aromatic N) is 1. The molecular formula is C20H36IN3O2. The van der Waals surface area contributed by atoms with Gasteiger partial charge in [0.25, 0.3) is 0 Å². The highest BCUT2D eigenvalue weighted by atomic mass is 127. The molecule has 1 atom stereocenters. The van der Waals surface area contributed by atoms with Crippen LogP contribution in [0.2, 0.25) is 0 Å². The summed E-state index contributed by atoms with van der Waals surface area (Å²) in [5.41, 5.74) is 2.35. The van der Waals surface area contributed by atoms with Crippen molar-refractivity contribution in [3.63, 3.8) is 0 Å². The van der Waals surface area contributed by atoms with Gasteiger partial charge in [0.15, 0.2) is 5.96 Å². The van der Waals surface area contributed by atoms with Crippen molar-refractivity contribution in [1.29, 1.82) is 0 Å². The molecule has 0 amide bonds. The lowest BCUT2D eigenvalue weighted by Crippen LogP contribution is -2.40. The third-order valence-electron chi connectivity index (χ3n) is 4.07. The van der Waals surface area contributed by atoms with Gasteiger partial charge < -0.3 is 20.5 Å². The lowest BCUT2D eigenvalue weighted by molar-refractivity contribution is 0.184. The van der Waals surface area contributed by atoms with Crippen LogP contribution in [0.15, 0.2) is 29.3 Å². The topological polar surface area (TPSA) is 65.9 Å². The van der Waals surface area contributed by atoms with Crippen LogP contribution >= 0.6 is 24.0 Å². The normalized spacial score (nSPS) is 12.6. The number of aliphatic imine (C=N–C) groups is 1. The average molecular weight is 477 g/mol. The average Bonchev–Trinajstić information content (AvgIpc) is 2.58. The predicted octanol–water partition coefficient (Wildman–Crippen LogP) is 3.55. The Bertz CT molecular complexity index is 510. The molecule has 0 spiro atoms. The first-order valence-corrected chi connectivity index (χ1v) is 9.29. The van der Waals surface area contributed by atoms with Gasteiger partial charge in [-0.1, -0.05) is 38.1 Å². The number of halogens is 1. The molecular weight excluding hydrogens is 441 g/mol. The highest BCUT2D eigenvalue weighted by molar-refractivity contribution is 14.0. The summed E-state index contributed by atoms with van der Waals surface area (Å²) in [6.45, 7) is 9.59. The highest BCUT2D eigenvalue weighted by Gasteiger charge is 2.11. The Morgan fingerprint density at radius 1 is 1.19 bits per heavy atom. The van der Waals surface area contributed by atoms with Crippen molar-refractivity contribution < 1.29 is 9.84 Å². The van der Waals surface area contributed by atoms with Crippen LogP contribution in [0.25, 0.3) is 0 Å². The van der Waals surface area contributed by atoms with Crippen LogP contribution in [-0.4, -0.2) is 37.9 Å². The lowest BCUT2D eigenvalue weighted by atomic mass is 9.94. The fraction of sp³-hybridized carbons (Fsp3) is 0.650. The van der Waals surface area contributed by atoms with E-state index in [9.17, 15) is 5.11 Å². The van der Waals surface area contributed by atoms with E-state index >= 15 is 0 Å². The summed E-state index contributed by atoms with van der Waals surface area (Å²) in [6, 6.07) is 8.23. The van der Waals surface area contributed by atoms with Crippen molar-refractivity contribution in [2.24, 2.45) is 16.8 Å². The van der Waals surface area contributed by atoms with Gasteiger partial charge in [0.05, 0.1) is 13.2 Å². The minimum atomic E-state index is 0. The van der Waals surface area contributed by atoms with Gasteiger partial charge in [-0.2, -0.15) is 0 Å². The van der Waals surface area contributed by atoms with Crippen LogP contribution in [0.3, 0.4) is 0 Å². The maximum atomic E-state index is 9.27. The second kappa shape index (κ2) is 15.2. The molecule has 6 heteroatoms. The number of aliphatic hydroxyl groups is 1. The molecule has 3 N–H and O–H groups in total. The molecule has 0 radical (unpaired) electrons. The van der Waals surface area contributed by atoms with Crippen LogP contribution in [0, 0.1) is 11.8 Å². The van der Waals surface area contributed by atoms with E-state index in [0.29, 0.717) is 25.0 Å². The molecule has 0 aliphatic carbocycles. The molecule has 1 aromatic carbocycles. The van der Waals surface area contributed by atoms with E-state index in [1.165, 1.54) is 11.1 Å². The van der Waals surface area contributed by atoms with Gasteiger partial charge in [0.1, 0.15) is 0 Å². The molecule has 1 rings (SSSR count). The fourth-order valence-electron chi connectivity index (χ4n) is 2.91. The molecule has 0 fully saturated rings. The number of methoxy groups -OCH3 is 1. The number of hydrogen-bond donors (Lipinski definition) is 3. The van der Waals surface area contributed by atoms with Crippen LogP contribution in [0.4, 0.5) is 0 Å². The van der Waals surface area contributed by atoms with Gasteiger partial charge in [0.2, 0.25) is 0 Å². The molecule has 1 aromatic rings. The quantitative estimate of drug-likeness (QED) is 0.259. The van der Waals surface area contributed by atoms with E-state index < -0.39 is 0 Å². The Labute approximate surface area is 176 Å². The van der Waals surface area contributed by atoms with E-state index in [2.05, 4.69) is 43.5 Å². The van der Waals surface area contributed by atoms with Crippen LogP contribution in [0.5, 0.6) is 0 Å². The molecule has 150 valence electrons. The van der Waals surface area contributed by atoms with Gasteiger partial charge >= 0.3 is 0 Å². The molecule has 0 saturated carbocycles. The largest absolute Gasteiger partial charge is 0.396 e. The van der Waals surface area contributed by atoms with E-state index in [1.54, 1.807) is 7.11 Å². The fourth-order valence-corrected chi connectivity index (χ4v) is 2.91. The van der Waals surface area contributed by atoms with Crippen LogP contribution in [0.1, 0.15) is 44.7 Å². The molecule has 0 heterocycles. The Kier molecular flexibility index (Phi) is 14.7. The summed E-state index contributed by atoms with van der Waals surface area (Å²) in [6.07, 6.45) is 1.92. The third kappa shape index (κ3) is 10.3. The number of aliphatic hydroxyl groups excluding tert-OH is 1. The number of hydrogen-bond acceptors (Lipinski definition) is 3. The van der Waals surface area contributed by atoms with E-state index in [4.69, 9.17) is 9.73 Å². The zero-order valence-electron chi connectivity index (χ0n) is 16.6. The third-order valence-corrected chi connectivity index (χ3v) is 4.07. The van der Waals surface area contributed by atoms with Crippen LogP contribution < -0.4 is 10.6 Å². The number of guanidine groups is 1. The van der Waals surface area contributed by atoms with E-state index in [1.807, 2.05) is 12.1 Å². The Balaban J connectivity index is 0.00000625. The molecule has 0 aliphatic heterocycles. The lowest BCUT2D eigenvalue weighted by Gasteiger charge is -2.20. The Morgan fingerprint density at radius 2 is 1.88 bits per heavy atom. The summed E-state index contributed by atoms with van der Waals surface area (Å²) >= 11 is 0. The molecule has 5 nitrogen and oxygen atoms in total. The smallest absolute Gasteiger partial charge is 0.191 e. The van der Waals surface area contributed by atoms with Crippen molar-refractivity contribution in [1.82, 2.24) is 10.6 Å². The molecule has 1 unspecified atom stereocenters. The molecule has 26 heavy (non-hydrogen) atoms. The SMILES string of the molecule is CCNC(=NCc1ccccc1COC)NCC(CCO)CC(C)C.I. The van der Waals surface area contributed by atoms with E-state index in [-0.39, 0.29) is 30.6 Å². The summed E-state index contributed by atoms with van der Waals surface area (Å²) in [4.78, 5) is 4.71. The number of rotatable bonds is 11. The summed E-state index contributed by atoms with van der Waals surface area (Å²) in [5.74, 6) is 1.90. The Hall–Kier alpha value is -0.860. The summed E-state index contributed by atoms with van der Waals surface area (Å²) in [5, 5.41) is 16.0. The minimum absolute atomic E-state index is 0. The maximum Gasteiger partial charge on any atom is 0.191 e. The first-order chi connectivity index (χ1) is 12.1. The molecule has 0 bridgehead atoms. The number of benzene rings is 1. The summed E-state index contributed by atoms with van der Waals surface area (Å²) < 4.78 is 5.26. The highest BCUT2D eigenvalue weighted by Crippen LogP contribution is 2.14. The first kappa shape index (κ1) is 25.1. The van der Waals surface area contributed by atoms with Gasteiger partial charge in [-0.15, -0.1) is 24.0 Å². The van der Waals surface area contributed by atoms with Crippen LogP contribution in [-0.2, 0) is 17.9 Å². The Morgan fingerprint density at radius 3 is 2.46 bits per heavy atom. The predicted molar refractivity (Wildman–Crippen MR) is 120 cm³/mol. The minimum Gasteiger partial charge on any atom is -0.396 e. The summed E-state index contributed by atoms with van der Waals surface area (Å²) in [7, 11) is 1.71. The van der Waals surface area contributed by atoms with Gasteiger partial charge in [-0.25, -0.2) is 4.99 Å². The van der Waals surface area contributed by atoms with Gasteiger partial charge in [0, 0.05) is 26.8 Å². The monoisotopic (exact) mass is 477 g/mol. The second-order valence-corrected chi connectivity index (χ2v) is 6.79. The molecule has 0 aromatic heterocycles. The van der Waals surface area contributed by atoms with Crippen molar-refractivity contribution in [3.8, 4) is 0 Å². The zero-order valence-corrected chi connectivity index (χ0v) is 19.0. The van der Waals surface area contributed by atoms with Crippen molar-refractivity contribution in [2.45, 2.75) is 46.8 Å². The van der Waals surface area contributed by atoms with Gasteiger partial charge in [-0.3, -0.25) is 0 Å². The second-order valence-electron chi connectivity index (χ2n) is 6.79. The molecule has 0 saturated heterocycles. The van der Waals surface area contributed by atoms with Gasteiger partial charge in [-0.05, 0) is 42.7 Å².